The molecule has 4 nitrogen and oxygen atoms in total. The van der Waals surface area contributed by atoms with Crippen molar-refractivity contribution in [3.05, 3.63) is 0 Å². The molecule has 2 aliphatic heterocycles. The Hall–Kier alpha value is -0.610. The van der Waals surface area contributed by atoms with Gasteiger partial charge >= 0.3 is 0 Å². The number of likely N-dealkylation sites (tertiary alicyclic amines) is 1. The van der Waals surface area contributed by atoms with Crippen molar-refractivity contribution in [2.75, 3.05) is 39.3 Å². The molecule has 0 aromatic carbocycles. The molecule has 2 atom stereocenters. The van der Waals surface area contributed by atoms with Crippen molar-refractivity contribution in [3.63, 3.8) is 0 Å². The monoisotopic (exact) mass is 265 g/mol. The van der Waals surface area contributed by atoms with E-state index in [1.54, 1.807) is 0 Å². The highest BCUT2D eigenvalue weighted by atomic mass is 16.2. The number of carbonyl (C=O) groups excluding carboxylic acids is 1. The fourth-order valence-corrected chi connectivity index (χ4v) is 4.15. The number of piperazine rings is 1. The molecule has 0 spiro atoms. The van der Waals surface area contributed by atoms with Gasteiger partial charge in [-0.2, -0.15) is 0 Å². The summed E-state index contributed by atoms with van der Waals surface area (Å²) >= 11 is 0. The second-order valence-electron chi connectivity index (χ2n) is 6.32. The molecule has 2 unspecified atom stereocenters. The topological polar surface area (TPSA) is 35.6 Å². The van der Waals surface area contributed by atoms with Gasteiger partial charge in [-0.15, -0.1) is 0 Å². The molecule has 4 heteroatoms. The van der Waals surface area contributed by atoms with Gasteiger partial charge in [0.15, 0.2) is 0 Å². The van der Waals surface area contributed by atoms with Crippen LogP contribution in [0.15, 0.2) is 0 Å². The lowest BCUT2D eigenvalue weighted by Gasteiger charge is -2.38. The lowest BCUT2D eigenvalue weighted by Crippen LogP contribution is -2.48. The summed E-state index contributed by atoms with van der Waals surface area (Å²) < 4.78 is 0. The van der Waals surface area contributed by atoms with E-state index in [0.29, 0.717) is 5.91 Å². The number of rotatable bonds is 3. The Balaban J connectivity index is 1.47. The summed E-state index contributed by atoms with van der Waals surface area (Å²) in [5, 5.41) is 3.30. The van der Waals surface area contributed by atoms with E-state index in [-0.39, 0.29) is 0 Å². The van der Waals surface area contributed by atoms with Crippen molar-refractivity contribution in [3.8, 4) is 0 Å². The van der Waals surface area contributed by atoms with E-state index in [9.17, 15) is 4.79 Å². The minimum absolute atomic E-state index is 0.363. The summed E-state index contributed by atoms with van der Waals surface area (Å²) in [4.78, 5) is 16.9. The smallest absolute Gasteiger partial charge is 0.223 e. The highest BCUT2D eigenvalue weighted by Gasteiger charge is 2.34. The van der Waals surface area contributed by atoms with Gasteiger partial charge in [-0.25, -0.2) is 0 Å². The van der Waals surface area contributed by atoms with Crippen LogP contribution in [0, 0.1) is 5.92 Å². The van der Waals surface area contributed by atoms with Crippen molar-refractivity contribution in [1.29, 1.82) is 0 Å². The quantitative estimate of drug-likeness (QED) is 0.829. The molecule has 3 fully saturated rings. The fraction of sp³-hybridized carbons (Fsp3) is 0.933. The summed E-state index contributed by atoms with van der Waals surface area (Å²) in [5.74, 6) is 1.30. The first-order valence-corrected chi connectivity index (χ1v) is 8.07. The number of hydrogen-bond donors (Lipinski definition) is 1. The van der Waals surface area contributed by atoms with Crippen LogP contribution in [0.3, 0.4) is 0 Å². The second-order valence-corrected chi connectivity index (χ2v) is 6.32. The Morgan fingerprint density at radius 1 is 1.05 bits per heavy atom. The van der Waals surface area contributed by atoms with Crippen molar-refractivity contribution in [1.82, 2.24) is 15.1 Å². The lowest BCUT2D eigenvalue weighted by molar-refractivity contribution is -0.132. The fourth-order valence-electron chi connectivity index (χ4n) is 4.15. The Kier molecular flexibility index (Phi) is 4.38. The molecule has 3 rings (SSSR count). The third-order valence-corrected chi connectivity index (χ3v) is 5.19. The summed E-state index contributed by atoms with van der Waals surface area (Å²) in [6, 6.07) is 0.796. The van der Waals surface area contributed by atoms with Crippen LogP contribution in [0.5, 0.6) is 0 Å². The highest BCUT2D eigenvalue weighted by molar-refractivity contribution is 5.76. The molecule has 19 heavy (non-hydrogen) atoms. The summed E-state index contributed by atoms with van der Waals surface area (Å²) in [5.41, 5.74) is 0. The van der Waals surface area contributed by atoms with Gasteiger partial charge in [0.1, 0.15) is 0 Å². The Morgan fingerprint density at radius 3 is 2.68 bits per heavy atom. The minimum atomic E-state index is 0.363. The second kappa shape index (κ2) is 6.23. The van der Waals surface area contributed by atoms with E-state index in [1.165, 1.54) is 38.6 Å². The van der Waals surface area contributed by atoms with Crippen molar-refractivity contribution in [2.24, 2.45) is 5.92 Å². The number of fused-ring (bicyclic) bond motifs is 1. The number of nitrogens with one attached hydrogen (secondary N) is 1. The van der Waals surface area contributed by atoms with Crippen molar-refractivity contribution < 1.29 is 4.79 Å². The Morgan fingerprint density at radius 2 is 1.84 bits per heavy atom. The summed E-state index contributed by atoms with van der Waals surface area (Å²) in [6.45, 7) is 5.91. The van der Waals surface area contributed by atoms with E-state index in [0.717, 1.165) is 51.1 Å². The maximum absolute atomic E-state index is 12.2. The molecule has 1 amide bonds. The van der Waals surface area contributed by atoms with Crippen LogP contribution in [0.1, 0.15) is 38.5 Å². The predicted octanol–water partition coefficient (Wildman–Crippen LogP) is 1.07. The first-order chi connectivity index (χ1) is 9.34. The van der Waals surface area contributed by atoms with Gasteiger partial charge in [0.25, 0.3) is 0 Å². The van der Waals surface area contributed by atoms with Gasteiger partial charge in [0.2, 0.25) is 5.91 Å². The molecule has 0 radical (unpaired) electrons. The third-order valence-electron chi connectivity index (χ3n) is 5.19. The largest absolute Gasteiger partial charge is 0.340 e. The van der Waals surface area contributed by atoms with Gasteiger partial charge in [-0.1, -0.05) is 6.42 Å². The third kappa shape index (κ3) is 3.11. The molecular formula is C15H27N3O. The van der Waals surface area contributed by atoms with Gasteiger partial charge < -0.3 is 10.2 Å². The van der Waals surface area contributed by atoms with E-state index in [4.69, 9.17) is 0 Å². The Bertz CT molecular complexity index is 315. The Labute approximate surface area is 116 Å². The zero-order valence-corrected chi connectivity index (χ0v) is 11.9. The molecule has 1 saturated carbocycles. The molecule has 108 valence electrons. The maximum atomic E-state index is 12.2. The SMILES string of the molecule is O=C(CCN1CCCC2CCCC21)N1CCNCC1. The molecule has 1 aliphatic carbocycles. The first kappa shape index (κ1) is 13.4. The van der Waals surface area contributed by atoms with Crippen LogP contribution < -0.4 is 5.32 Å². The van der Waals surface area contributed by atoms with Crippen LogP contribution in [0.25, 0.3) is 0 Å². The molecule has 2 saturated heterocycles. The normalized spacial score (nSPS) is 32.3. The van der Waals surface area contributed by atoms with Crippen molar-refractivity contribution >= 4 is 5.91 Å². The summed E-state index contributed by atoms with van der Waals surface area (Å²) in [7, 11) is 0. The van der Waals surface area contributed by atoms with Crippen LogP contribution in [0.2, 0.25) is 0 Å². The minimum Gasteiger partial charge on any atom is -0.340 e. The first-order valence-electron chi connectivity index (χ1n) is 8.07. The van der Waals surface area contributed by atoms with Crippen LogP contribution in [-0.4, -0.2) is 61.0 Å². The van der Waals surface area contributed by atoms with Crippen LogP contribution >= 0.6 is 0 Å². The molecule has 0 aromatic rings. The number of nitrogens with zero attached hydrogens (tertiary/aromatic N) is 2. The molecule has 3 aliphatic rings. The molecule has 0 bridgehead atoms. The standard InChI is InChI=1S/C15H27N3O/c19-15(18-11-7-16-8-12-18)6-10-17-9-2-4-13-3-1-5-14(13)17/h13-14,16H,1-12H2. The van der Waals surface area contributed by atoms with E-state index in [2.05, 4.69) is 10.2 Å². The predicted molar refractivity (Wildman–Crippen MR) is 76.0 cm³/mol. The van der Waals surface area contributed by atoms with Crippen LogP contribution in [-0.2, 0) is 4.79 Å². The molecule has 1 N–H and O–H groups in total. The van der Waals surface area contributed by atoms with Crippen molar-refractivity contribution in [2.45, 2.75) is 44.6 Å². The van der Waals surface area contributed by atoms with Gasteiger partial charge in [0, 0.05) is 45.2 Å². The number of amides is 1. The van der Waals surface area contributed by atoms with Gasteiger partial charge in [0.05, 0.1) is 0 Å². The average Bonchev–Trinajstić information content (AvgIpc) is 2.94. The average molecular weight is 265 g/mol. The maximum Gasteiger partial charge on any atom is 0.223 e. The van der Waals surface area contributed by atoms with Gasteiger partial charge in [-0.3, -0.25) is 9.69 Å². The van der Waals surface area contributed by atoms with E-state index >= 15 is 0 Å². The van der Waals surface area contributed by atoms with E-state index < -0.39 is 0 Å². The molecular weight excluding hydrogens is 238 g/mol. The zero-order chi connectivity index (χ0) is 13.1. The molecule has 2 heterocycles. The number of carbonyl (C=O) groups is 1. The summed E-state index contributed by atoms with van der Waals surface area (Å²) in [6.07, 6.45) is 7.68. The molecule has 0 aromatic heterocycles. The lowest BCUT2D eigenvalue weighted by atomic mass is 9.92. The highest BCUT2D eigenvalue weighted by Crippen LogP contribution is 2.36. The van der Waals surface area contributed by atoms with E-state index in [1.807, 2.05) is 4.90 Å². The number of hydrogen-bond acceptors (Lipinski definition) is 3. The van der Waals surface area contributed by atoms with Crippen LogP contribution in [0.4, 0.5) is 0 Å². The zero-order valence-electron chi connectivity index (χ0n) is 11.9. The van der Waals surface area contributed by atoms with Gasteiger partial charge in [-0.05, 0) is 38.1 Å². The number of piperidine rings is 1.